The first kappa shape index (κ1) is 23.6. The smallest absolute Gasteiger partial charge is 0.338 e. The van der Waals surface area contributed by atoms with Crippen molar-refractivity contribution in [3.63, 3.8) is 0 Å². The number of carbonyl (C=O) groups is 2. The second-order valence-electron chi connectivity index (χ2n) is 6.64. The molecule has 2 N–H and O–H groups in total. The van der Waals surface area contributed by atoms with E-state index in [0.29, 0.717) is 41.1 Å². The average Bonchev–Trinajstić information content (AvgIpc) is 3.19. The van der Waals surface area contributed by atoms with Crippen LogP contribution in [0.1, 0.15) is 30.0 Å². The van der Waals surface area contributed by atoms with Gasteiger partial charge in [0.2, 0.25) is 5.91 Å². The zero-order valence-electron chi connectivity index (χ0n) is 17.8. The number of carbonyl (C=O) groups excluding carboxylic acids is 2. The monoisotopic (exact) mass is 473 g/mol. The van der Waals surface area contributed by atoms with Crippen molar-refractivity contribution in [3.05, 3.63) is 64.9 Å². The number of nitrogens with one attached hydrogen (secondary N) is 2. The maximum atomic E-state index is 12.3. The van der Waals surface area contributed by atoms with Gasteiger partial charge in [-0.2, -0.15) is 0 Å². The third kappa shape index (κ3) is 6.48. The zero-order chi connectivity index (χ0) is 22.9. The molecule has 3 rings (SSSR count). The molecule has 168 valence electrons. The van der Waals surface area contributed by atoms with Crippen molar-refractivity contribution < 1.29 is 14.3 Å². The number of aromatic nitrogens is 3. The van der Waals surface area contributed by atoms with E-state index in [2.05, 4.69) is 20.8 Å². The van der Waals surface area contributed by atoms with Crippen molar-refractivity contribution in [2.75, 3.05) is 23.0 Å². The molecule has 0 spiro atoms. The largest absolute Gasteiger partial charge is 0.462 e. The topological polar surface area (TPSA) is 98.1 Å². The van der Waals surface area contributed by atoms with Crippen LogP contribution in [0.4, 0.5) is 11.4 Å². The van der Waals surface area contributed by atoms with Gasteiger partial charge in [-0.05, 0) is 62.4 Å². The number of amides is 1. The van der Waals surface area contributed by atoms with Crippen LogP contribution < -0.4 is 10.6 Å². The van der Waals surface area contributed by atoms with Crippen LogP contribution in [0, 0.1) is 0 Å². The Morgan fingerprint density at radius 3 is 2.38 bits per heavy atom. The van der Waals surface area contributed by atoms with E-state index < -0.39 is 0 Å². The highest BCUT2D eigenvalue weighted by molar-refractivity contribution is 7.99. The van der Waals surface area contributed by atoms with E-state index in [1.54, 1.807) is 31.2 Å². The van der Waals surface area contributed by atoms with Gasteiger partial charge in [0.05, 0.1) is 24.5 Å². The first-order valence-electron chi connectivity index (χ1n) is 10.1. The van der Waals surface area contributed by atoms with Crippen LogP contribution in [0.15, 0.2) is 53.7 Å². The minimum atomic E-state index is -0.388. The molecule has 0 atom stereocenters. The van der Waals surface area contributed by atoms with Gasteiger partial charge in [0.1, 0.15) is 0 Å². The summed E-state index contributed by atoms with van der Waals surface area (Å²) in [4.78, 5) is 24.1. The highest BCUT2D eigenvalue weighted by atomic mass is 35.5. The molecule has 1 amide bonds. The van der Waals surface area contributed by atoms with E-state index in [-0.39, 0.29) is 17.6 Å². The Bertz CT molecular complexity index is 1050. The fraction of sp³-hybridized carbons (Fsp3) is 0.273. The number of nitrogens with zero attached hydrogens (tertiary/aromatic N) is 3. The number of halogens is 1. The predicted octanol–water partition coefficient (Wildman–Crippen LogP) is 4.47. The van der Waals surface area contributed by atoms with Gasteiger partial charge < -0.3 is 19.9 Å². The molecule has 2 aromatic carbocycles. The highest BCUT2D eigenvalue weighted by Crippen LogP contribution is 2.19. The van der Waals surface area contributed by atoms with E-state index in [0.717, 1.165) is 11.5 Å². The summed E-state index contributed by atoms with van der Waals surface area (Å²) in [7, 11) is 0. The second-order valence-corrected chi connectivity index (χ2v) is 8.02. The lowest BCUT2D eigenvalue weighted by Gasteiger charge is -2.09. The Hall–Kier alpha value is -3.04. The van der Waals surface area contributed by atoms with Gasteiger partial charge in [-0.3, -0.25) is 4.79 Å². The number of ether oxygens (including phenoxy) is 1. The molecule has 10 heteroatoms. The van der Waals surface area contributed by atoms with E-state index in [4.69, 9.17) is 16.3 Å². The second kappa shape index (κ2) is 11.5. The summed E-state index contributed by atoms with van der Waals surface area (Å²) < 4.78 is 6.92. The molecule has 0 aliphatic heterocycles. The first-order chi connectivity index (χ1) is 15.5. The Kier molecular flexibility index (Phi) is 8.52. The molecule has 8 nitrogen and oxygen atoms in total. The number of esters is 1. The van der Waals surface area contributed by atoms with E-state index in [9.17, 15) is 9.59 Å². The molecule has 1 aromatic heterocycles. The van der Waals surface area contributed by atoms with Crippen LogP contribution in [0.5, 0.6) is 0 Å². The summed E-state index contributed by atoms with van der Waals surface area (Å²) in [5.41, 5.74) is 1.98. The Morgan fingerprint density at radius 2 is 1.72 bits per heavy atom. The van der Waals surface area contributed by atoms with Gasteiger partial charge >= 0.3 is 5.97 Å². The number of anilines is 2. The van der Waals surface area contributed by atoms with Crippen LogP contribution in [-0.4, -0.2) is 39.0 Å². The molecule has 0 saturated heterocycles. The van der Waals surface area contributed by atoms with Crippen molar-refractivity contribution in [3.8, 4) is 0 Å². The minimum absolute atomic E-state index is 0.176. The van der Waals surface area contributed by atoms with Gasteiger partial charge in [0, 0.05) is 22.9 Å². The molecule has 32 heavy (non-hydrogen) atoms. The molecule has 0 aliphatic rings. The van der Waals surface area contributed by atoms with Crippen molar-refractivity contribution in [2.24, 2.45) is 0 Å². The van der Waals surface area contributed by atoms with E-state index in [1.807, 2.05) is 35.8 Å². The molecular formula is C22H24ClN5O3S. The van der Waals surface area contributed by atoms with E-state index >= 15 is 0 Å². The number of thioether (sulfide) groups is 1. The molecular weight excluding hydrogens is 450 g/mol. The van der Waals surface area contributed by atoms with Crippen LogP contribution in [0.3, 0.4) is 0 Å². The van der Waals surface area contributed by atoms with Gasteiger partial charge in [-0.1, -0.05) is 23.4 Å². The number of benzene rings is 2. The highest BCUT2D eigenvalue weighted by Gasteiger charge is 2.14. The van der Waals surface area contributed by atoms with Crippen molar-refractivity contribution in [1.29, 1.82) is 0 Å². The maximum absolute atomic E-state index is 12.3. The predicted molar refractivity (Wildman–Crippen MR) is 126 cm³/mol. The summed E-state index contributed by atoms with van der Waals surface area (Å²) in [6.45, 7) is 5.26. The molecule has 0 radical (unpaired) electrons. The summed E-state index contributed by atoms with van der Waals surface area (Å²) >= 11 is 7.23. The van der Waals surface area contributed by atoms with Gasteiger partial charge in [0.15, 0.2) is 11.0 Å². The molecule has 0 fully saturated rings. The molecule has 0 unspecified atom stereocenters. The summed E-state index contributed by atoms with van der Waals surface area (Å²) in [6.07, 6.45) is 0. The van der Waals surface area contributed by atoms with Crippen LogP contribution in [-0.2, 0) is 22.6 Å². The van der Waals surface area contributed by atoms with Crippen molar-refractivity contribution >= 4 is 46.6 Å². The SMILES string of the molecule is CCOC(=O)c1ccc(NC(=O)CSc2nnc(CNc3ccc(Cl)cc3)n2CC)cc1. The lowest BCUT2D eigenvalue weighted by molar-refractivity contribution is -0.113. The van der Waals surface area contributed by atoms with E-state index in [1.165, 1.54) is 11.8 Å². The number of hydrogen-bond acceptors (Lipinski definition) is 7. The summed E-state index contributed by atoms with van der Waals surface area (Å²) in [5, 5.41) is 15.9. The Balaban J connectivity index is 1.53. The average molecular weight is 474 g/mol. The normalized spacial score (nSPS) is 10.6. The fourth-order valence-electron chi connectivity index (χ4n) is 2.85. The summed E-state index contributed by atoms with van der Waals surface area (Å²) in [6, 6.07) is 14.0. The molecule has 0 aliphatic carbocycles. The Labute approximate surface area is 195 Å². The quantitative estimate of drug-likeness (QED) is 0.331. The lowest BCUT2D eigenvalue weighted by Crippen LogP contribution is -2.15. The minimum Gasteiger partial charge on any atom is -0.462 e. The fourth-order valence-corrected chi connectivity index (χ4v) is 3.80. The molecule has 0 saturated carbocycles. The van der Waals surface area contributed by atoms with Crippen LogP contribution in [0.2, 0.25) is 5.02 Å². The third-order valence-corrected chi connectivity index (χ3v) is 5.64. The molecule has 3 aromatic rings. The molecule has 0 bridgehead atoms. The van der Waals surface area contributed by atoms with Gasteiger partial charge in [0.25, 0.3) is 0 Å². The van der Waals surface area contributed by atoms with Crippen molar-refractivity contribution in [1.82, 2.24) is 14.8 Å². The van der Waals surface area contributed by atoms with Crippen LogP contribution >= 0.6 is 23.4 Å². The summed E-state index contributed by atoms with van der Waals surface area (Å²) in [5.74, 6) is 0.397. The Morgan fingerprint density at radius 1 is 1.03 bits per heavy atom. The maximum Gasteiger partial charge on any atom is 0.338 e. The van der Waals surface area contributed by atoms with Gasteiger partial charge in [-0.25, -0.2) is 4.79 Å². The first-order valence-corrected chi connectivity index (χ1v) is 11.5. The standard InChI is InChI=1S/C22H24ClN5O3S/c1-3-28-19(13-24-17-11-7-16(23)8-12-17)26-27-22(28)32-14-20(29)25-18-9-5-15(6-10-18)21(30)31-4-2/h5-12,24H,3-4,13-14H2,1-2H3,(H,25,29). The lowest BCUT2D eigenvalue weighted by atomic mass is 10.2. The van der Waals surface area contributed by atoms with Crippen LogP contribution in [0.25, 0.3) is 0 Å². The number of hydrogen-bond donors (Lipinski definition) is 2. The third-order valence-electron chi connectivity index (χ3n) is 4.42. The zero-order valence-corrected chi connectivity index (χ0v) is 19.4. The van der Waals surface area contributed by atoms with Gasteiger partial charge in [-0.15, -0.1) is 10.2 Å². The molecule has 1 heterocycles. The number of rotatable bonds is 10. The van der Waals surface area contributed by atoms with Crippen molar-refractivity contribution in [2.45, 2.75) is 32.1 Å².